The highest BCUT2D eigenvalue weighted by Crippen LogP contribution is 2.18. The van der Waals surface area contributed by atoms with Gasteiger partial charge in [0.1, 0.15) is 0 Å². The summed E-state index contributed by atoms with van der Waals surface area (Å²) in [4.78, 5) is 12.2. The second-order valence-electron chi connectivity index (χ2n) is 5.43. The van der Waals surface area contributed by atoms with E-state index in [1.54, 1.807) is 12.1 Å². The van der Waals surface area contributed by atoms with Crippen molar-refractivity contribution in [2.75, 3.05) is 20.2 Å². The van der Waals surface area contributed by atoms with Crippen LogP contribution in [0.5, 0.6) is 5.75 Å². The molecule has 0 aliphatic carbocycles. The van der Waals surface area contributed by atoms with Crippen molar-refractivity contribution < 1.29 is 13.9 Å². The minimum atomic E-state index is -0.399. The lowest BCUT2D eigenvalue weighted by molar-refractivity contribution is 0.0948. The summed E-state index contributed by atoms with van der Waals surface area (Å²) in [5.74, 6) is -0.391. The van der Waals surface area contributed by atoms with Crippen LogP contribution in [0.1, 0.15) is 27.3 Å². The summed E-state index contributed by atoms with van der Waals surface area (Å²) in [7, 11) is 1.43. The maximum atomic E-state index is 13.6. The van der Waals surface area contributed by atoms with E-state index in [0.717, 1.165) is 29.8 Å². The van der Waals surface area contributed by atoms with Gasteiger partial charge in [-0.1, -0.05) is 6.07 Å². The van der Waals surface area contributed by atoms with Gasteiger partial charge in [0.2, 0.25) is 0 Å². The monoisotopic (exact) mass is 354 g/mol. The highest BCUT2D eigenvalue weighted by atomic mass is 35.5. The minimum Gasteiger partial charge on any atom is -0.494 e. The highest BCUT2D eigenvalue weighted by Gasteiger charge is 2.21. The summed E-state index contributed by atoms with van der Waals surface area (Å²) in [6.45, 7) is 1.96. The van der Waals surface area contributed by atoms with Gasteiger partial charge in [-0.15, -0.1) is 12.4 Å². The van der Waals surface area contributed by atoms with Crippen molar-refractivity contribution in [3.8, 4) is 5.75 Å². The molecule has 1 aliphatic rings. The van der Waals surface area contributed by atoms with E-state index in [1.165, 1.54) is 13.2 Å². The predicted octanol–water partition coefficient (Wildman–Crippen LogP) is 1.60. The lowest BCUT2D eigenvalue weighted by Gasteiger charge is -2.12. The third-order valence-electron chi connectivity index (χ3n) is 3.94. The number of hydrogen-bond acceptors (Lipinski definition) is 4. The standard InChI is InChI=1S/C16H19FN4O2.ClH/c1-23-14-3-2-10(8-12(14)17)4-7-19-16(22)15-11-9-18-6-5-13(11)20-21-15;/h2-3,8,18H,4-7,9H2,1H3,(H,19,22)(H,20,21);1H. The molecule has 0 spiro atoms. The SMILES string of the molecule is COc1ccc(CCNC(=O)c2n[nH]c3c2CNCC3)cc1F.Cl. The van der Waals surface area contributed by atoms with Crippen molar-refractivity contribution >= 4 is 18.3 Å². The molecule has 2 aromatic rings. The van der Waals surface area contributed by atoms with E-state index in [2.05, 4.69) is 20.8 Å². The van der Waals surface area contributed by atoms with Gasteiger partial charge in [0.15, 0.2) is 17.3 Å². The van der Waals surface area contributed by atoms with Crippen LogP contribution in [0.2, 0.25) is 0 Å². The average molecular weight is 355 g/mol. The number of hydrogen-bond donors (Lipinski definition) is 3. The number of amides is 1. The van der Waals surface area contributed by atoms with Crippen molar-refractivity contribution in [2.24, 2.45) is 0 Å². The molecule has 6 nitrogen and oxygen atoms in total. The third kappa shape index (κ3) is 3.85. The van der Waals surface area contributed by atoms with E-state index in [0.29, 0.717) is 25.2 Å². The fourth-order valence-electron chi connectivity index (χ4n) is 2.68. The van der Waals surface area contributed by atoms with Crippen molar-refractivity contribution in [1.82, 2.24) is 20.8 Å². The normalized spacial score (nSPS) is 12.9. The smallest absolute Gasteiger partial charge is 0.272 e. The van der Waals surface area contributed by atoms with E-state index >= 15 is 0 Å². The first kappa shape index (κ1) is 18.2. The number of nitrogens with one attached hydrogen (secondary N) is 3. The Kier molecular flexibility index (Phi) is 6.16. The Labute approximate surface area is 145 Å². The molecule has 0 bridgehead atoms. The molecular formula is C16H20ClFN4O2. The van der Waals surface area contributed by atoms with Gasteiger partial charge in [-0.25, -0.2) is 4.39 Å². The summed E-state index contributed by atoms with van der Waals surface area (Å²) in [6, 6.07) is 4.79. The summed E-state index contributed by atoms with van der Waals surface area (Å²) < 4.78 is 18.5. The van der Waals surface area contributed by atoms with Gasteiger partial charge in [-0.05, 0) is 24.1 Å². The average Bonchev–Trinajstić information content (AvgIpc) is 2.99. The quantitative estimate of drug-likeness (QED) is 0.762. The first-order chi connectivity index (χ1) is 11.2. The first-order valence-electron chi connectivity index (χ1n) is 7.56. The van der Waals surface area contributed by atoms with Gasteiger partial charge in [0.05, 0.1) is 7.11 Å². The number of benzene rings is 1. The number of carbonyl (C=O) groups excluding carboxylic acids is 1. The number of aromatic amines is 1. The molecule has 1 aromatic heterocycles. The van der Waals surface area contributed by atoms with Crippen LogP contribution < -0.4 is 15.4 Å². The molecule has 1 amide bonds. The van der Waals surface area contributed by atoms with Crippen LogP contribution in [-0.4, -0.2) is 36.3 Å². The number of H-pyrrole nitrogens is 1. The van der Waals surface area contributed by atoms with Crippen molar-refractivity contribution in [3.63, 3.8) is 0 Å². The topological polar surface area (TPSA) is 79.0 Å². The van der Waals surface area contributed by atoms with E-state index in [9.17, 15) is 9.18 Å². The fraction of sp³-hybridized carbons (Fsp3) is 0.375. The Morgan fingerprint density at radius 1 is 1.46 bits per heavy atom. The predicted molar refractivity (Wildman–Crippen MR) is 90.2 cm³/mol. The lowest BCUT2D eigenvalue weighted by atomic mass is 10.1. The third-order valence-corrected chi connectivity index (χ3v) is 3.94. The van der Waals surface area contributed by atoms with Crippen LogP contribution in [0.3, 0.4) is 0 Å². The molecule has 0 saturated heterocycles. The van der Waals surface area contributed by atoms with Gasteiger partial charge < -0.3 is 15.4 Å². The molecule has 130 valence electrons. The van der Waals surface area contributed by atoms with Crippen molar-refractivity contribution in [3.05, 3.63) is 46.5 Å². The lowest BCUT2D eigenvalue weighted by Crippen LogP contribution is -2.29. The van der Waals surface area contributed by atoms with Gasteiger partial charge in [-0.3, -0.25) is 9.89 Å². The number of rotatable bonds is 5. The van der Waals surface area contributed by atoms with Gasteiger partial charge >= 0.3 is 0 Å². The Hall–Kier alpha value is -2.12. The summed E-state index contributed by atoms with van der Waals surface area (Å²) in [5, 5.41) is 13.1. The first-order valence-corrected chi connectivity index (χ1v) is 7.56. The number of methoxy groups -OCH3 is 1. The van der Waals surface area contributed by atoms with E-state index in [-0.39, 0.29) is 24.1 Å². The van der Waals surface area contributed by atoms with Crippen LogP contribution >= 0.6 is 12.4 Å². The number of fused-ring (bicyclic) bond motifs is 1. The van der Waals surface area contributed by atoms with E-state index in [4.69, 9.17) is 4.74 Å². The van der Waals surface area contributed by atoms with Crippen LogP contribution in [0.25, 0.3) is 0 Å². The molecule has 0 saturated carbocycles. The Bertz CT molecular complexity index is 720. The Balaban J connectivity index is 0.00000208. The number of aromatic nitrogens is 2. The molecule has 3 N–H and O–H groups in total. The van der Waals surface area contributed by atoms with Crippen LogP contribution in [0.4, 0.5) is 4.39 Å². The van der Waals surface area contributed by atoms with Gasteiger partial charge in [0.25, 0.3) is 5.91 Å². The second kappa shape index (κ2) is 8.12. The molecule has 1 aliphatic heterocycles. The van der Waals surface area contributed by atoms with Gasteiger partial charge in [0, 0.05) is 37.3 Å². The molecule has 3 rings (SSSR count). The molecular weight excluding hydrogens is 335 g/mol. The largest absolute Gasteiger partial charge is 0.494 e. The zero-order chi connectivity index (χ0) is 16.2. The highest BCUT2D eigenvalue weighted by molar-refractivity contribution is 5.94. The maximum Gasteiger partial charge on any atom is 0.272 e. The van der Waals surface area contributed by atoms with Crippen molar-refractivity contribution in [1.29, 1.82) is 0 Å². The Morgan fingerprint density at radius 3 is 3.04 bits per heavy atom. The summed E-state index contributed by atoms with van der Waals surface area (Å²) >= 11 is 0. The van der Waals surface area contributed by atoms with Crippen molar-refractivity contribution in [2.45, 2.75) is 19.4 Å². The minimum absolute atomic E-state index is 0. The second-order valence-corrected chi connectivity index (χ2v) is 5.43. The zero-order valence-electron chi connectivity index (χ0n) is 13.3. The van der Waals surface area contributed by atoms with Crippen LogP contribution in [0, 0.1) is 5.82 Å². The van der Waals surface area contributed by atoms with Gasteiger partial charge in [-0.2, -0.15) is 5.10 Å². The molecule has 0 atom stereocenters. The van der Waals surface area contributed by atoms with Crippen LogP contribution in [0.15, 0.2) is 18.2 Å². The number of ether oxygens (including phenoxy) is 1. The molecule has 24 heavy (non-hydrogen) atoms. The fourth-order valence-corrected chi connectivity index (χ4v) is 2.68. The summed E-state index contributed by atoms with van der Waals surface area (Å²) in [5.41, 5.74) is 3.19. The number of carbonyl (C=O) groups is 1. The molecule has 0 unspecified atom stereocenters. The zero-order valence-corrected chi connectivity index (χ0v) is 14.1. The Morgan fingerprint density at radius 2 is 2.29 bits per heavy atom. The molecule has 0 fully saturated rings. The number of nitrogens with zero attached hydrogens (tertiary/aromatic N) is 1. The summed E-state index contributed by atoms with van der Waals surface area (Å²) in [6.07, 6.45) is 1.39. The van der Waals surface area contributed by atoms with E-state index in [1.807, 2.05) is 0 Å². The van der Waals surface area contributed by atoms with Crippen LogP contribution in [-0.2, 0) is 19.4 Å². The molecule has 0 radical (unpaired) electrons. The molecule has 1 aromatic carbocycles. The molecule has 2 heterocycles. The number of halogens is 2. The maximum absolute atomic E-state index is 13.6. The molecule has 8 heteroatoms. The van der Waals surface area contributed by atoms with E-state index < -0.39 is 5.82 Å².